The van der Waals surface area contributed by atoms with E-state index in [2.05, 4.69) is 5.32 Å². The van der Waals surface area contributed by atoms with Crippen molar-refractivity contribution in [2.45, 2.75) is 13.5 Å². The summed E-state index contributed by atoms with van der Waals surface area (Å²) in [5, 5.41) is 3.06. The number of hydrogen-bond acceptors (Lipinski definition) is 2. The van der Waals surface area contributed by atoms with E-state index in [9.17, 15) is 8.78 Å². The van der Waals surface area contributed by atoms with Crippen LogP contribution in [0.4, 0.5) is 14.5 Å². The SMILES string of the molecule is COc1cccc(CNc2ccc(F)c(C)c2)c1F. The van der Waals surface area contributed by atoms with Gasteiger partial charge in [-0.1, -0.05) is 12.1 Å². The number of aryl methyl sites for hydroxylation is 1. The lowest BCUT2D eigenvalue weighted by molar-refractivity contribution is 0.384. The highest BCUT2D eigenvalue weighted by Gasteiger charge is 2.08. The molecule has 0 fully saturated rings. The lowest BCUT2D eigenvalue weighted by Crippen LogP contribution is -2.03. The van der Waals surface area contributed by atoms with Crippen molar-refractivity contribution in [3.63, 3.8) is 0 Å². The van der Waals surface area contributed by atoms with Crippen LogP contribution in [0.3, 0.4) is 0 Å². The minimum atomic E-state index is -0.378. The van der Waals surface area contributed by atoms with Crippen LogP contribution < -0.4 is 10.1 Å². The Balaban J connectivity index is 2.12. The van der Waals surface area contributed by atoms with Gasteiger partial charge in [0.1, 0.15) is 5.82 Å². The summed E-state index contributed by atoms with van der Waals surface area (Å²) >= 11 is 0. The van der Waals surface area contributed by atoms with Crippen LogP contribution >= 0.6 is 0 Å². The highest BCUT2D eigenvalue weighted by Crippen LogP contribution is 2.21. The summed E-state index contributed by atoms with van der Waals surface area (Å²) in [5.41, 5.74) is 1.80. The molecule has 0 amide bonds. The Kier molecular flexibility index (Phi) is 4.00. The number of ether oxygens (including phenoxy) is 1. The van der Waals surface area contributed by atoms with Crippen molar-refractivity contribution < 1.29 is 13.5 Å². The van der Waals surface area contributed by atoms with Crippen LogP contribution in [0, 0.1) is 18.6 Å². The summed E-state index contributed by atoms with van der Waals surface area (Å²) in [6.45, 7) is 2.00. The van der Waals surface area contributed by atoms with Crippen LogP contribution in [-0.4, -0.2) is 7.11 Å². The largest absolute Gasteiger partial charge is 0.494 e. The molecular formula is C15H15F2NO. The molecular weight excluding hydrogens is 248 g/mol. The molecule has 100 valence electrons. The molecule has 2 aromatic carbocycles. The van der Waals surface area contributed by atoms with E-state index < -0.39 is 0 Å². The molecule has 0 saturated heterocycles. The van der Waals surface area contributed by atoms with Gasteiger partial charge in [-0.15, -0.1) is 0 Å². The smallest absolute Gasteiger partial charge is 0.170 e. The van der Waals surface area contributed by atoms with Crippen molar-refractivity contribution in [2.75, 3.05) is 12.4 Å². The summed E-state index contributed by atoms with van der Waals surface area (Å²) in [4.78, 5) is 0. The van der Waals surface area contributed by atoms with E-state index >= 15 is 0 Å². The van der Waals surface area contributed by atoms with Gasteiger partial charge in [0.25, 0.3) is 0 Å². The second kappa shape index (κ2) is 5.69. The second-order valence-electron chi connectivity index (χ2n) is 4.25. The van der Waals surface area contributed by atoms with Crippen molar-refractivity contribution in [1.29, 1.82) is 0 Å². The molecule has 0 aromatic heterocycles. The van der Waals surface area contributed by atoms with Gasteiger partial charge < -0.3 is 10.1 Å². The zero-order valence-electron chi connectivity index (χ0n) is 10.8. The number of hydrogen-bond donors (Lipinski definition) is 1. The van der Waals surface area contributed by atoms with E-state index in [0.717, 1.165) is 5.69 Å². The minimum Gasteiger partial charge on any atom is -0.494 e. The van der Waals surface area contributed by atoms with Crippen molar-refractivity contribution in [3.05, 3.63) is 59.2 Å². The van der Waals surface area contributed by atoms with E-state index in [1.54, 1.807) is 37.3 Å². The first-order chi connectivity index (χ1) is 9.11. The third-order valence-electron chi connectivity index (χ3n) is 2.90. The Morgan fingerprint density at radius 1 is 1.16 bits per heavy atom. The van der Waals surface area contributed by atoms with Crippen molar-refractivity contribution in [1.82, 2.24) is 0 Å². The fourth-order valence-corrected chi connectivity index (χ4v) is 1.80. The lowest BCUT2D eigenvalue weighted by Gasteiger charge is -2.10. The predicted molar refractivity (Wildman–Crippen MR) is 71.4 cm³/mol. The van der Waals surface area contributed by atoms with Crippen LogP contribution in [0.2, 0.25) is 0 Å². The van der Waals surface area contributed by atoms with Crippen molar-refractivity contribution >= 4 is 5.69 Å². The van der Waals surface area contributed by atoms with E-state index in [1.165, 1.54) is 13.2 Å². The zero-order valence-corrected chi connectivity index (χ0v) is 10.8. The Bertz CT molecular complexity index is 584. The standard InChI is InChI=1S/C15H15F2NO/c1-10-8-12(6-7-13(10)16)18-9-11-4-3-5-14(19-2)15(11)17/h3-8,18H,9H2,1-2H3. The van der Waals surface area contributed by atoms with Crippen molar-refractivity contribution in [3.8, 4) is 5.75 Å². The first kappa shape index (κ1) is 13.3. The molecule has 2 aromatic rings. The number of halogens is 2. The van der Waals surface area contributed by atoms with Gasteiger partial charge in [0, 0.05) is 17.8 Å². The van der Waals surface area contributed by atoms with Gasteiger partial charge in [-0.3, -0.25) is 0 Å². The van der Waals surface area contributed by atoms with E-state index in [0.29, 0.717) is 17.7 Å². The van der Waals surface area contributed by atoms with Crippen LogP contribution in [0.1, 0.15) is 11.1 Å². The highest BCUT2D eigenvalue weighted by atomic mass is 19.1. The van der Waals surface area contributed by atoms with Gasteiger partial charge in [-0.05, 0) is 36.8 Å². The average Bonchev–Trinajstić information content (AvgIpc) is 2.41. The van der Waals surface area contributed by atoms with E-state index in [-0.39, 0.29) is 17.4 Å². The molecule has 1 N–H and O–H groups in total. The molecule has 19 heavy (non-hydrogen) atoms. The van der Waals surface area contributed by atoms with Crippen LogP contribution in [-0.2, 0) is 6.54 Å². The Hall–Kier alpha value is -2.10. The first-order valence-corrected chi connectivity index (χ1v) is 5.93. The molecule has 0 spiro atoms. The second-order valence-corrected chi connectivity index (χ2v) is 4.25. The lowest BCUT2D eigenvalue weighted by atomic mass is 10.1. The van der Waals surface area contributed by atoms with Gasteiger partial charge in [0.2, 0.25) is 0 Å². The summed E-state index contributed by atoms with van der Waals surface area (Å²) in [6, 6.07) is 9.68. The van der Waals surface area contributed by atoms with Gasteiger partial charge >= 0.3 is 0 Å². The third kappa shape index (κ3) is 3.02. The number of nitrogens with one attached hydrogen (secondary N) is 1. The molecule has 2 nitrogen and oxygen atoms in total. The maximum atomic E-state index is 13.9. The van der Waals surface area contributed by atoms with Crippen LogP contribution in [0.25, 0.3) is 0 Å². The van der Waals surface area contributed by atoms with Gasteiger partial charge in [0.05, 0.1) is 7.11 Å². The van der Waals surface area contributed by atoms with Gasteiger partial charge in [-0.2, -0.15) is 0 Å². The van der Waals surface area contributed by atoms with Crippen molar-refractivity contribution in [2.24, 2.45) is 0 Å². The normalized spacial score (nSPS) is 10.3. The maximum absolute atomic E-state index is 13.9. The molecule has 0 unspecified atom stereocenters. The average molecular weight is 263 g/mol. The summed E-state index contributed by atoms with van der Waals surface area (Å²) in [5.74, 6) is -0.413. The molecule has 0 heterocycles. The Morgan fingerprint density at radius 2 is 1.95 bits per heavy atom. The molecule has 0 saturated carbocycles. The Labute approximate surface area is 111 Å². The maximum Gasteiger partial charge on any atom is 0.170 e. The van der Waals surface area contributed by atoms with E-state index in [4.69, 9.17) is 4.74 Å². The Morgan fingerprint density at radius 3 is 2.63 bits per heavy atom. The third-order valence-corrected chi connectivity index (χ3v) is 2.90. The highest BCUT2D eigenvalue weighted by molar-refractivity contribution is 5.47. The fraction of sp³-hybridized carbons (Fsp3) is 0.200. The molecule has 0 aliphatic carbocycles. The predicted octanol–water partition coefficient (Wildman–Crippen LogP) is 3.89. The first-order valence-electron chi connectivity index (χ1n) is 5.93. The number of benzene rings is 2. The molecule has 2 rings (SSSR count). The molecule has 0 radical (unpaired) electrons. The number of anilines is 1. The van der Waals surface area contributed by atoms with Gasteiger partial charge in [0.15, 0.2) is 11.6 Å². The molecule has 0 aliphatic heterocycles. The molecule has 0 aliphatic rings. The molecule has 0 atom stereocenters. The van der Waals surface area contributed by atoms with Gasteiger partial charge in [-0.25, -0.2) is 8.78 Å². The quantitative estimate of drug-likeness (QED) is 0.903. The summed E-state index contributed by atoms with van der Waals surface area (Å²) < 4.78 is 31.9. The minimum absolute atomic E-state index is 0.217. The fourth-order valence-electron chi connectivity index (χ4n) is 1.80. The molecule has 0 bridgehead atoms. The topological polar surface area (TPSA) is 21.3 Å². The zero-order chi connectivity index (χ0) is 13.8. The summed E-state index contributed by atoms with van der Waals surface area (Å²) in [6.07, 6.45) is 0. The van der Waals surface area contributed by atoms with Crippen LogP contribution in [0.5, 0.6) is 5.75 Å². The summed E-state index contributed by atoms with van der Waals surface area (Å²) in [7, 11) is 1.43. The van der Waals surface area contributed by atoms with E-state index in [1.807, 2.05) is 0 Å². The number of methoxy groups -OCH3 is 1. The number of rotatable bonds is 4. The monoisotopic (exact) mass is 263 g/mol. The van der Waals surface area contributed by atoms with Crippen LogP contribution in [0.15, 0.2) is 36.4 Å². The molecule has 4 heteroatoms.